The molecule has 0 amide bonds. The van der Waals surface area contributed by atoms with E-state index in [9.17, 15) is 0 Å². The molecule has 1 aliphatic carbocycles. The Bertz CT molecular complexity index is 1100. The first-order valence-electron chi connectivity index (χ1n) is 14.1. The fraction of sp³-hybridized carbons (Fsp3) is 0.567. The monoisotopic (exact) mass is 490 g/mol. The Morgan fingerprint density at radius 1 is 0.972 bits per heavy atom. The van der Waals surface area contributed by atoms with Gasteiger partial charge in [-0.3, -0.25) is 4.90 Å². The molecule has 1 aromatic heterocycles. The van der Waals surface area contributed by atoms with Crippen LogP contribution in [0.5, 0.6) is 11.5 Å². The molecule has 3 aromatic rings. The van der Waals surface area contributed by atoms with Gasteiger partial charge < -0.3 is 19.4 Å². The molecule has 6 nitrogen and oxygen atoms in total. The number of hydrogen-bond donors (Lipinski definition) is 1. The summed E-state index contributed by atoms with van der Waals surface area (Å²) in [6.07, 6.45) is 8.86. The van der Waals surface area contributed by atoms with E-state index in [2.05, 4.69) is 64.2 Å². The van der Waals surface area contributed by atoms with Gasteiger partial charge in [-0.25, -0.2) is 4.98 Å². The van der Waals surface area contributed by atoms with Gasteiger partial charge in [0, 0.05) is 45.3 Å². The number of aryl methyl sites for hydroxylation is 1. The number of imidazole rings is 1. The first kappa shape index (κ1) is 25.1. The lowest BCUT2D eigenvalue weighted by atomic mass is 9.90. The minimum Gasteiger partial charge on any atom is -0.493 e. The summed E-state index contributed by atoms with van der Waals surface area (Å²) in [5.41, 5.74) is 3.24. The zero-order valence-corrected chi connectivity index (χ0v) is 21.9. The number of unbranched alkanes of at least 4 members (excludes halogenated alkanes) is 1. The molecule has 1 saturated carbocycles. The molecule has 6 heteroatoms. The van der Waals surface area contributed by atoms with E-state index in [-0.39, 0.29) is 0 Å². The molecule has 2 aliphatic rings. The van der Waals surface area contributed by atoms with Gasteiger partial charge in [0.05, 0.1) is 23.2 Å². The maximum absolute atomic E-state index is 6.43. The zero-order valence-electron chi connectivity index (χ0n) is 21.9. The number of nitrogens with zero attached hydrogens (tertiary/aromatic N) is 3. The van der Waals surface area contributed by atoms with Gasteiger partial charge in [0.1, 0.15) is 23.9 Å². The second-order valence-corrected chi connectivity index (χ2v) is 10.3. The van der Waals surface area contributed by atoms with Crippen LogP contribution < -0.4 is 14.8 Å². The lowest BCUT2D eigenvalue weighted by Crippen LogP contribution is -2.44. The Kier molecular flexibility index (Phi) is 8.78. The van der Waals surface area contributed by atoms with Crippen LogP contribution in [-0.4, -0.2) is 60.4 Å². The van der Waals surface area contributed by atoms with E-state index in [4.69, 9.17) is 14.5 Å². The molecule has 36 heavy (non-hydrogen) atoms. The zero-order chi connectivity index (χ0) is 24.6. The summed E-state index contributed by atoms with van der Waals surface area (Å²) < 4.78 is 15.0. The number of para-hydroxylation sites is 1. The average molecular weight is 491 g/mol. The van der Waals surface area contributed by atoms with Crippen molar-refractivity contribution >= 4 is 11.0 Å². The highest BCUT2D eigenvalue weighted by molar-refractivity contribution is 5.83. The number of piperazine rings is 1. The molecule has 0 spiro atoms. The van der Waals surface area contributed by atoms with Crippen molar-refractivity contribution in [1.29, 1.82) is 0 Å². The quantitative estimate of drug-likeness (QED) is 0.371. The number of ether oxygens (including phenoxy) is 2. The fourth-order valence-electron chi connectivity index (χ4n) is 5.51. The summed E-state index contributed by atoms with van der Waals surface area (Å²) in [6, 6.07) is 14.8. The number of aromatic nitrogens is 2. The van der Waals surface area contributed by atoms with Crippen LogP contribution in [-0.2, 0) is 6.54 Å². The highest BCUT2D eigenvalue weighted by atomic mass is 16.5. The van der Waals surface area contributed by atoms with Crippen molar-refractivity contribution in [3.05, 3.63) is 42.5 Å². The SMILES string of the molecule is CCCCn1c(-c2ccccc2OCC2CCCCC2)nc2ccc(OCCN3CCNCC3)cc21. The Balaban J connectivity index is 1.36. The molecule has 1 N–H and O–H groups in total. The van der Waals surface area contributed by atoms with Crippen LogP contribution in [0.1, 0.15) is 51.9 Å². The van der Waals surface area contributed by atoms with Gasteiger partial charge in [0.2, 0.25) is 0 Å². The highest BCUT2D eigenvalue weighted by Crippen LogP contribution is 2.34. The Hall–Kier alpha value is -2.57. The summed E-state index contributed by atoms with van der Waals surface area (Å²) in [5.74, 6) is 3.54. The van der Waals surface area contributed by atoms with Gasteiger partial charge in [-0.1, -0.05) is 44.7 Å². The molecule has 2 fully saturated rings. The van der Waals surface area contributed by atoms with E-state index in [1.807, 2.05) is 0 Å². The number of hydrogen-bond acceptors (Lipinski definition) is 5. The van der Waals surface area contributed by atoms with Crippen molar-refractivity contribution in [2.75, 3.05) is 45.9 Å². The molecular formula is C30H42N4O2. The summed E-state index contributed by atoms with van der Waals surface area (Å²) in [5, 5.41) is 3.41. The summed E-state index contributed by atoms with van der Waals surface area (Å²) in [6.45, 7) is 9.97. The molecule has 2 aromatic carbocycles. The van der Waals surface area contributed by atoms with Gasteiger partial charge in [0.25, 0.3) is 0 Å². The number of rotatable bonds is 11. The minimum absolute atomic E-state index is 0.673. The Labute approximate surface area is 216 Å². The second-order valence-electron chi connectivity index (χ2n) is 10.3. The van der Waals surface area contributed by atoms with Crippen molar-refractivity contribution in [2.24, 2.45) is 5.92 Å². The predicted octanol–water partition coefficient (Wildman–Crippen LogP) is 5.75. The normalized spacial score (nSPS) is 17.5. The first-order valence-corrected chi connectivity index (χ1v) is 14.1. The van der Waals surface area contributed by atoms with Crippen LogP contribution in [0.25, 0.3) is 22.4 Å². The van der Waals surface area contributed by atoms with Crippen LogP contribution in [0.4, 0.5) is 0 Å². The maximum Gasteiger partial charge on any atom is 0.144 e. The van der Waals surface area contributed by atoms with Crippen molar-refractivity contribution in [1.82, 2.24) is 19.8 Å². The van der Waals surface area contributed by atoms with Crippen molar-refractivity contribution < 1.29 is 9.47 Å². The summed E-state index contributed by atoms with van der Waals surface area (Å²) in [4.78, 5) is 7.56. The van der Waals surface area contributed by atoms with Crippen molar-refractivity contribution in [3.63, 3.8) is 0 Å². The second kappa shape index (κ2) is 12.6. The van der Waals surface area contributed by atoms with Gasteiger partial charge >= 0.3 is 0 Å². The number of benzene rings is 2. The third-order valence-electron chi connectivity index (χ3n) is 7.67. The number of nitrogens with one attached hydrogen (secondary N) is 1. The van der Waals surface area contributed by atoms with E-state index in [1.54, 1.807) is 0 Å². The first-order chi connectivity index (χ1) is 17.8. The topological polar surface area (TPSA) is 51.6 Å². The standard InChI is InChI=1S/C30H42N4O2/c1-2-3-17-34-28-22-25(35-21-20-33-18-15-31-16-19-33)13-14-27(28)32-30(34)26-11-7-8-12-29(26)36-23-24-9-5-4-6-10-24/h7-8,11-14,22,24,31H,2-6,9-10,15-21,23H2,1H3. The van der Waals surface area contributed by atoms with Gasteiger partial charge in [-0.15, -0.1) is 0 Å². The van der Waals surface area contributed by atoms with Crippen LogP contribution in [0.2, 0.25) is 0 Å². The van der Waals surface area contributed by atoms with Crippen molar-refractivity contribution in [3.8, 4) is 22.9 Å². The molecule has 1 aliphatic heterocycles. The van der Waals surface area contributed by atoms with Crippen LogP contribution >= 0.6 is 0 Å². The minimum atomic E-state index is 0.673. The smallest absolute Gasteiger partial charge is 0.144 e. The largest absolute Gasteiger partial charge is 0.493 e. The van der Waals surface area contributed by atoms with E-state index in [1.165, 1.54) is 32.1 Å². The van der Waals surface area contributed by atoms with Gasteiger partial charge in [-0.2, -0.15) is 0 Å². The molecular weight excluding hydrogens is 448 g/mol. The van der Waals surface area contributed by atoms with E-state index >= 15 is 0 Å². The maximum atomic E-state index is 6.43. The average Bonchev–Trinajstić information content (AvgIpc) is 3.29. The van der Waals surface area contributed by atoms with Gasteiger partial charge in [0.15, 0.2) is 0 Å². The van der Waals surface area contributed by atoms with E-state index in [0.717, 1.165) is 92.6 Å². The predicted molar refractivity (Wildman–Crippen MR) is 147 cm³/mol. The summed E-state index contributed by atoms with van der Waals surface area (Å²) in [7, 11) is 0. The lowest BCUT2D eigenvalue weighted by molar-refractivity contribution is 0.191. The van der Waals surface area contributed by atoms with E-state index < -0.39 is 0 Å². The fourth-order valence-corrected chi connectivity index (χ4v) is 5.51. The van der Waals surface area contributed by atoms with E-state index in [0.29, 0.717) is 12.5 Å². The Morgan fingerprint density at radius 2 is 1.81 bits per heavy atom. The van der Waals surface area contributed by atoms with Crippen molar-refractivity contribution in [2.45, 2.75) is 58.4 Å². The molecule has 5 rings (SSSR count). The molecule has 2 heterocycles. The highest BCUT2D eigenvalue weighted by Gasteiger charge is 2.19. The molecule has 194 valence electrons. The Morgan fingerprint density at radius 3 is 2.64 bits per heavy atom. The third kappa shape index (κ3) is 6.22. The molecule has 0 bridgehead atoms. The third-order valence-corrected chi connectivity index (χ3v) is 7.67. The van der Waals surface area contributed by atoms with Crippen LogP contribution in [0.3, 0.4) is 0 Å². The van der Waals surface area contributed by atoms with Gasteiger partial charge in [-0.05, 0) is 49.4 Å². The number of fused-ring (bicyclic) bond motifs is 1. The molecule has 0 unspecified atom stereocenters. The molecule has 0 atom stereocenters. The molecule has 1 saturated heterocycles. The lowest BCUT2D eigenvalue weighted by Gasteiger charge is -2.26. The van der Waals surface area contributed by atoms with Crippen LogP contribution in [0, 0.1) is 5.92 Å². The van der Waals surface area contributed by atoms with Crippen LogP contribution in [0.15, 0.2) is 42.5 Å². The summed E-state index contributed by atoms with van der Waals surface area (Å²) >= 11 is 0. The molecule has 0 radical (unpaired) electrons.